The van der Waals surface area contributed by atoms with E-state index in [0.717, 1.165) is 0 Å². The highest BCUT2D eigenvalue weighted by molar-refractivity contribution is 7.99. The van der Waals surface area contributed by atoms with Crippen molar-refractivity contribution in [2.24, 2.45) is 0 Å². The number of rotatable bonds is 5. The molecule has 0 saturated heterocycles. The molecule has 1 aromatic carbocycles. The first-order chi connectivity index (χ1) is 8.75. The molecule has 0 bridgehead atoms. The molecule has 1 heterocycles. The largest absolute Gasteiger partial charge is 0.377 e. The van der Waals surface area contributed by atoms with Gasteiger partial charge in [0.25, 0.3) is 5.76 Å². The molecule has 0 spiro atoms. The molecule has 2 aromatic rings. The third-order valence-corrected chi connectivity index (χ3v) is 2.95. The van der Waals surface area contributed by atoms with Crippen molar-refractivity contribution in [3.8, 4) is 0 Å². The number of nitrogens with one attached hydrogen (secondary N) is 1. The van der Waals surface area contributed by atoms with Crippen LogP contribution in [0.25, 0.3) is 0 Å². The molecule has 0 amide bonds. The van der Waals surface area contributed by atoms with E-state index in [0.29, 0.717) is 34.7 Å². The highest BCUT2D eigenvalue weighted by Crippen LogP contribution is 2.31. The molecule has 1 N–H and O–H groups in total. The Bertz CT molecular complexity index is 494. The smallest absolute Gasteiger partial charge is 0.288 e. The van der Waals surface area contributed by atoms with Crippen molar-refractivity contribution in [3.63, 3.8) is 0 Å². The van der Waals surface area contributed by atoms with Crippen LogP contribution in [0.4, 0.5) is 14.5 Å². The summed E-state index contributed by atoms with van der Waals surface area (Å²) in [7, 11) is 0. The molecule has 0 saturated carbocycles. The van der Waals surface area contributed by atoms with Gasteiger partial charge in [0, 0.05) is 23.0 Å². The number of anilines is 1. The summed E-state index contributed by atoms with van der Waals surface area (Å²) in [6.45, 7) is 0.404. The van der Waals surface area contributed by atoms with E-state index < -0.39 is 5.76 Å². The van der Waals surface area contributed by atoms with Crippen molar-refractivity contribution in [3.05, 3.63) is 48.5 Å². The molecule has 94 valence electrons. The zero-order chi connectivity index (χ0) is 12.8. The number of halogens is 2. The molecule has 0 aliphatic heterocycles. The van der Waals surface area contributed by atoms with E-state index in [1.807, 2.05) is 0 Å². The number of alkyl halides is 2. The maximum atomic E-state index is 12.4. The Morgan fingerprint density at radius 3 is 2.56 bits per heavy atom. The van der Waals surface area contributed by atoms with Crippen LogP contribution in [0.5, 0.6) is 0 Å². The Kier molecular flexibility index (Phi) is 4.46. The molecule has 0 aliphatic carbocycles. The van der Waals surface area contributed by atoms with Crippen LogP contribution in [0.3, 0.4) is 0 Å². The lowest BCUT2D eigenvalue weighted by Crippen LogP contribution is -2.04. The third kappa shape index (κ3) is 3.66. The molecule has 0 fully saturated rings. The summed E-state index contributed by atoms with van der Waals surface area (Å²) in [5, 5.41) is 3.06. The van der Waals surface area contributed by atoms with Crippen molar-refractivity contribution < 1.29 is 8.78 Å². The van der Waals surface area contributed by atoms with Crippen LogP contribution in [-0.4, -0.2) is 15.7 Å². The van der Waals surface area contributed by atoms with Gasteiger partial charge in [-0.3, -0.25) is 0 Å². The van der Waals surface area contributed by atoms with Crippen molar-refractivity contribution >= 4 is 17.4 Å². The molecule has 1 aromatic heterocycles. The summed E-state index contributed by atoms with van der Waals surface area (Å²) in [6.07, 6.45) is 3.29. The van der Waals surface area contributed by atoms with E-state index in [1.54, 1.807) is 42.7 Å². The Morgan fingerprint density at radius 2 is 1.83 bits per heavy atom. The van der Waals surface area contributed by atoms with Gasteiger partial charge in [-0.25, -0.2) is 9.97 Å². The number of nitrogens with zero attached hydrogens (tertiary/aromatic N) is 2. The van der Waals surface area contributed by atoms with Gasteiger partial charge >= 0.3 is 0 Å². The van der Waals surface area contributed by atoms with Crippen LogP contribution >= 0.6 is 11.8 Å². The van der Waals surface area contributed by atoms with E-state index in [9.17, 15) is 8.78 Å². The molecule has 0 aliphatic rings. The number of aromatic nitrogens is 2. The topological polar surface area (TPSA) is 37.8 Å². The van der Waals surface area contributed by atoms with Gasteiger partial charge < -0.3 is 5.32 Å². The Morgan fingerprint density at radius 1 is 1.11 bits per heavy atom. The van der Waals surface area contributed by atoms with Gasteiger partial charge in [0.05, 0.1) is 6.54 Å². The highest BCUT2D eigenvalue weighted by Gasteiger charge is 2.09. The molecular formula is C12H11F2N3S. The Hall–Kier alpha value is -1.69. The lowest BCUT2D eigenvalue weighted by molar-refractivity contribution is 0.252. The molecule has 0 atom stereocenters. The third-order valence-electron chi connectivity index (χ3n) is 2.16. The number of para-hydroxylation sites is 1. The highest BCUT2D eigenvalue weighted by atomic mass is 32.2. The second-order valence-electron chi connectivity index (χ2n) is 3.39. The minimum Gasteiger partial charge on any atom is -0.377 e. The minimum absolute atomic E-state index is 0.404. The van der Waals surface area contributed by atoms with E-state index in [2.05, 4.69) is 15.3 Å². The van der Waals surface area contributed by atoms with E-state index >= 15 is 0 Å². The number of thioether (sulfide) groups is 1. The molecule has 2 rings (SSSR count). The molecule has 6 heteroatoms. The van der Waals surface area contributed by atoms with Crippen molar-refractivity contribution in [2.45, 2.75) is 17.2 Å². The first kappa shape index (κ1) is 12.8. The Balaban J connectivity index is 2.05. The molecule has 0 radical (unpaired) electrons. The van der Waals surface area contributed by atoms with E-state index in [-0.39, 0.29) is 0 Å². The summed E-state index contributed by atoms with van der Waals surface area (Å²) in [5.41, 5.74) is 0.662. The SMILES string of the molecule is FC(F)Sc1ccccc1NCc1ncccn1. The zero-order valence-corrected chi connectivity index (χ0v) is 10.2. The molecule has 3 nitrogen and oxygen atoms in total. The van der Waals surface area contributed by atoms with Crippen LogP contribution in [0.2, 0.25) is 0 Å². The van der Waals surface area contributed by atoms with Gasteiger partial charge in [-0.2, -0.15) is 8.78 Å². The number of hydrogen-bond acceptors (Lipinski definition) is 4. The standard InChI is InChI=1S/C12H11F2N3S/c13-12(14)18-10-5-2-1-4-9(10)17-8-11-15-6-3-7-16-11/h1-7,12,17H,8H2. The number of benzene rings is 1. The average molecular weight is 267 g/mol. The summed E-state index contributed by atoms with van der Waals surface area (Å²) < 4.78 is 24.7. The summed E-state index contributed by atoms with van der Waals surface area (Å²) >= 11 is 0.524. The first-order valence-corrected chi connectivity index (χ1v) is 6.17. The van der Waals surface area contributed by atoms with Crippen molar-refractivity contribution in [1.82, 2.24) is 9.97 Å². The average Bonchev–Trinajstić information content (AvgIpc) is 2.38. The fourth-order valence-electron chi connectivity index (χ4n) is 1.41. The maximum absolute atomic E-state index is 12.4. The minimum atomic E-state index is -2.43. The van der Waals surface area contributed by atoms with Crippen LogP contribution < -0.4 is 5.32 Å². The van der Waals surface area contributed by atoms with Gasteiger partial charge in [0.1, 0.15) is 5.82 Å². The van der Waals surface area contributed by atoms with Gasteiger partial charge in [-0.05, 0) is 18.2 Å². The summed E-state index contributed by atoms with van der Waals surface area (Å²) in [4.78, 5) is 8.63. The predicted molar refractivity (Wildman–Crippen MR) is 67.7 cm³/mol. The van der Waals surface area contributed by atoms with Crippen LogP contribution in [0.15, 0.2) is 47.6 Å². The second-order valence-corrected chi connectivity index (χ2v) is 4.43. The fraction of sp³-hybridized carbons (Fsp3) is 0.167. The monoisotopic (exact) mass is 267 g/mol. The van der Waals surface area contributed by atoms with Crippen LogP contribution in [0.1, 0.15) is 5.82 Å². The molecule has 0 unspecified atom stereocenters. The quantitative estimate of drug-likeness (QED) is 0.842. The Labute approximate surface area is 108 Å². The first-order valence-electron chi connectivity index (χ1n) is 5.29. The predicted octanol–water partition coefficient (Wildman–Crippen LogP) is 3.40. The fourth-order valence-corrected chi connectivity index (χ4v) is 2.02. The van der Waals surface area contributed by atoms with Gasteiger partial charge in [-0.1, -0.05) is 23.9 Å². The second kappa shape index (κ2) is 6.30. The zero-order valence-electron chi connectivity index (χ0n) is 9.38. The maximum Gasteiger partial charge on any atom is 0.288 e. The lowest BCUT2D eigenvalue weighted by atomic mass is 10.3. The molecular weight excluding hydrogens is 256 g/mol. The van der Waals surface area contributed by atoms with Crippen molar-refractivity contribution in [2.75, 3.05) is 5.32 Å². The lowest BCUT2D eigenvalue weighted by Gasteiger charge is -2.10. The summed E-state index contributed by atoms with van der Waals surface area (Å²) in [6, 6.07) is 8.67. The summed E-state index contributed by atoms with van der Waals surface area (Å²) in [5.74, 6) is -1.81. The van der Waals surface area contributed by atoms with Crippen LogP contribution in [-0.2, 0) is 6.54 Å². The number of hydrogen-bond donors (Lipinski definition) is 1. The normalized spacial score (nSPS) is 10.6. The molecule has 18 heavy (non-hydrogen) atoms. The van der Waals surface area contributed by atoms with Gasteiger partial charge in [0.2, 0.25) is 0 Å². The van der Waals surface area contributed by atoms with E-state index in [4.69, 9.17) is 0 Å². The van der Waals surface area contributed by atoms with E-state index in [1.165, 1.54) is 0 Å². The van der Waals surface area contributed by atoms with Gasteiger partial charge in [0.15, 0.2) is 0 Å². The van der Waals surface area contributed by atoms with Crippen LogP contribution in [0, 0.1) is 0 Å². The van der Waals surface area contributed by atoms with Gasteiger partial charge in [-0.15, -0.1) is 0 Å². The van der Waals surface area contributed by atoms with Crippen molar-refractivity contribution in [1.29, 1.82) is 0 Å².